The highest BCUT2D eigenvalue weighted by Crippen LogP contribution is 2.18. The number of rotatable bonds is 3. The van der Waals surface area contributed by atoms with Gasteiger partial charge >= 0.3 is 0 Å². The van der Waals surface area contributed by atoms with Gasteiger partial charge in [-0.25, -0.2) is 0 Å². The van der Waals surface area contributed by atoms with Crippen molar-refractivity contribution in [1.82, 2.24) is 10.2 Å². The number of hydrogen-bond donors (Lipinski definition) is 2. The molecule has 1 unspecified atom stereocenters. The molecule has 0 bridgehead atoms. The standard InChI is InChI=1S/C14H30N4.HI/c1-11(2)18-8-6-7-12(10-18)9-16-13(15)17-14(3,4)5;/h11-12H,6-10H2,1-5H3,(H3,15,16,17);1H. The van der Waals surface area contributed by atoms with E-state index in [0.29, 0.717) is 17.9 Å². The maximum atomic E-state index is 5.90. The lowest BCUT2D eigenvalue weighted by atomic mass is 9.97. The van der Waals surface area contributed by atoms with E-state index in [1.807, 2.05) is 0 Å². The summed E-state index contributed by atoms with van der Waals surface area (Å²) in [6, 6.07) is 0.641. The summed E-state index contributed by atoms with van der Waals surface area (Å²) in [6.45, 7) is 14.0. The molecule has 4 nitrogen and oxygen atoms in total. The van der Waals surface area contributed by atoms with Gasteiger partial charge in [0.15, 0.2) is 5.96 Å². The molecule has 1 aliphatic heterocycles. The topological polar surface area (TPSA) is 53.6 Å². The average molecular weight is 382 g/mol. The minimum Gasteiger partial charge on any atom is -0.370 e. The molecule has 1 rings (SSSR count). The predicted molar refractivity (Wildman–Crippen MR) is 94.2 cm³/mol. The van der Waals surface area contributed by atoms with E-state index < -0.39 is 0 Å². The Balaban J connectivity index is 0.00000324. The van der Waals surface area contributed by atoms with Gasteiger partial charge in [-0.2, -0.15) is 0 Å². The quantitative estimate of drug-likeness (QED) is 0.448. The minimum atomic E-state index is -0.00981. The molecule has 0 saturated carbocycles. The lowest BCUT2D eigenvalue weighted by Crippen LogP contribution is -2.45. The second kappa shape index (κ2) is 8.29. The molecule has 3 N–H and O–H groups in total. The van der Waals surface area contributed by atoms with Crippen LogP contribution in [0.1, 0.15) is 47.5 Å². The van der Waals surface area contributed by atoms with Crippen molar-refractivity contribution in [2.45, 2.75) is 59.0 Å². The highest BCUT2D eigenvalue weighted by molar-refractivity contribution is 14.0. The number of nitrogens with two attached hydrogens (primary N) is 1. The number of halogens is 1. The summed E-state index contributed by atoms with van der Waals surface area (Å²) >= 11 is 0. The Bertz CT molecular complexity index is 284. The van der Waals surface area contributed by atoms with Crippen molar-refractivity contribution < 1.29 is 0 Å². The van der Waals surface area contributed by atoms with Crippen LogP contribution in [-0.4, -0.2) is 42.1 Å². The molecule has 0 aliphatic carbocycles. The molecule has 114 valence electrons. The fourth-order valence-corrected chi connectivity index (χ4v) is 2.37. The van der Waals surface area contributed by atoms with Crippen molar-refractivity contribution in [3.05, 3.63) is 0 Å². The zero-order chi connectivity index (χ0) is 13.8. The number of hydrogen-bond acceptors (Lipinski definition) is 2. The maximum Gasteiger partial charge on any atom is 0.188 e. The van der Waals surface area contributed by atoms with Crippen molar-refractivity contribution in [3.63, 3.8) is 0 Å². The van der Waals surface area contributed by atoms with Crippen LogP contribution in [0.15, 0.2) is 4.99 Å². The van der Waals surface area contributed by atoms with Crippen LogP contribution in [0.3, 0.4) is 0 Å². The molecule has 0 aromatic carbocycles. The van der Waals surface area contributed by atoms with E-state index in [1.54, 1.807) is 0 Å². The zero-order valence-electron chi connectivity index (χ0n) is 13.1. The maximum absolute atomic E-state index is 5.90. The first-order valence-corrected chi connectivity index (χ1v) is 7.10. The fraction of sp³-hybridized carbons (Fsp3) is 0.929. The number of likely N-dealkylation sites (tertiary alicyclic amines) is 1. The molecule has 0 aromatic heterocycles. The Kier molecular flexibility index (Phi) is 8.27. The Morgan fingerprint density at radius 1 is 1.42 bits per heavy atom. The summed E-state index contributed by atoms with van der Waals surface area (Å²) in [7, 11) is 0. The van der Waals surface area contributed by atoms with E-state index in [4.69, 9.17) is 5.73 Å². The Hall–Kier alpha value is -0.0400. The van der Waals surface area contributed by atoms with Gasteiger partial charge in [-0.05, 0) is 59.9 Å². The van der Waals surface area contributed by atoms with Crippen molar-refractivity contribution in [2.75, 3.05) is 19.6 Å². The number of aliphatic imine (C=N–C) groups is 1. The highest BCUT2D eigenvalue weighted by Gasteiger charge is 2.21. The summed E-state index contributed by atoms with van der Waals surface area (Å²) in [6.07, 6.45) is 2.56. The fourth-order valence-electron chi connectivity index (χ4n) is 2.37. The lowest BCUT2D eigenvalue weighted by molar-refractivity contribution is 0.143. The van der Waals surface area contributed by atoms with Crippen molar-refractivity contribution in [3.8, 4) is 0 Å². The first kappa shape index (κ1) is 19.0. The third-order valence-electron chi connectivity index (χ3n) is 3.30. The molecule has 1 fully saturated rings. The summed E-state index contributed by atoms with van der Waals surface area (Å²) in [4.78, 5) is 7.02. The normalized spacial score (nSPS) is 22.2. The number of nitrogens with zero attached hydrogens (tertiary/aromatic N) is 2. The Morgan fingerprint density at radius 3 is 2.58 bits per heavy atom. The summed E-state index contributed by atoms with van der Waals surface area (Å²) in [5.41, 5.74) is 5.89. The second-order valence-corrected chi connectivity index (χ2v) is 6.70. The molecule has 5 heteroatoms. The van der Waals surface area contributed by atoms with Gasteiger partial charge in [-0.3, -0.25) is 4.99 Å². The summed E-state index contributed by atoms with van der Waals surface area (Å²) in [5.74, 6) is 1.23. The average Bonchev–Trinajstić information content (AvgIpc) is 2.24. The molecule has 0 spiro atoms. The molecule has 1 saturated heterocycles. The lowest BCUT2D eigenvalue weighted by Gasteiger charge is -2.34. The van der Waals surface area contributed by atoms with Crippen molar-refractivity contribution in [2.24, 2.45) is 16.6 Å². The van der Waals surface area contributed by atoms with E-state index in [-0.39, 0.29) is 29.5 Å². The van der Waals surface area contributed by atoms with Gasteiger partial charge in [0.1, 0.15) is 0 Å². The molecule has 1 aliphatic rings. The monoisotopic (exact) mass is 382 g/mol. The van der Waals surface area contributed by atoms with E-state index in [0.717, 1.165) is 13.1 Å². The van der Waals surface area contributed by atoms with Gasteiger partial charge in [-0.15, -0.1) is 24.0 Å². The van der Waals surface area contributed by atoms with Crippen LogP contribution >= 0.6 is 24.0 Å². The molecule has 0 aromatic rings. The third-order valence-corrected chi connectivity index (χ3v) is 3.30. The first-order valence-electron chi connectivity index (χ1n) is 7.10. The van der Waals surface area contributed by atoms with E-state index in [2.05, 4.69) is 49.8 Å². The third kappa shape index (κ3) is 7.97. The largest absolute Gasteiger partial charge is 0.370 e. The number of piperidine rings is 1. The van der Waals surface area contributed by atoms with Gasteiger partial charge in [0, 0.05) is 24.7 Å². The zero-order valence-corrected chi connectivity index (χ0v) is 15.4. The summed E-state index contributed by atoms with van der Waals surface area (Å²) in [5, 5.41) is 3.21. The van der Waals surface area contributed by atoms with Crippen LogP contribution in [-0.2, 0) is 0 Å². The predicted octanol–water partition coefficient (Wildman–Crippen LogP) is 2.43. The Labute approximate surface area is 135 Å². The van der Waals surface area contributed by atoms with E-state index in [9.17, 15) is 0 Å². The van der Waals surface area contributed by atoms with Crippen LogP contribution in [0.2, 0.25) is 0 Å². The van der Waals surface area contributed by atoms with Crippen LogP contribution in [0.4, 0.5) is 0 Å². The van der Waals surface area contributed by atoms with Gasteiger partial charge in [0.05, 0.1) is 0 Å². The van der Waals surface area contributed by atoms with Crippen LogP contribution in [0.25, 0.3) is 0 Å². The molecule has 19 heavy (non-hydrogen) atoms. The minimum absolute atomic E-state index is 0. The molecule has 1 heterocycles. The number of nitrogens with one attached hydrogen (secondary N) is 1. The second-order valence-electron chi connectivity index (χ2n) is 6.70. The molecular formula is C14H31IN4. The van der Waals surface area contributed by atoms with Crippen LogP contribution in [0.5, 0.6) is 0 Å². The van der Waals surface area contributed by atoms with Crippen molar-refractivity contribution >= 4 is 29.9 Å². The summed E-state index contributed by atoms with van der Waals surface area (Å²) < 4.78 is 0. The van der Waals surface area contributed by atoms with E-state index in [1.165, 1.54) is 19.4 Å². The smallest absolute Gasteiger partial charge is 0.188 e. The number of guanidine groups is 1. The van der Waals surface area contributed by atoms with Crippen LogP contribution < -0.4 is 11.1 Å². The SMILES string of the molecule is CC(C)N1CCCC(CN=C(N)NC(C)(C)C)C1.I. The molecule has 1 atom stereocenters. The first-order chi connectivity index (χ1) is 8.28. The van der Waals surface area contributed by atoms with Gasteiger partial charge < -0.3 is 16.0 Å². The molecular weight excluding hydrogens is 351 g/mol. The molecule has 0 radical (unpaired) electrons. The molecule has 0 amide bonds. The van der Waals surface area contributed by atoms with Crippen molar-refractivity contribution in [1.29, 1.82) is 0 Å². The Morgan fingerprint density at radius 2 is 2.05 bits per heavy atom. The van der Waals surface area contributed by atoms with Gasteiger partial charge in [-0.1, -0.05) is 0 Å². The van der Waals surface area contributed by atoms with E-state index >= 15 is 0 Å². The van der Waals surface area contributed by atoms with Gasteiger partial charge in [0.2, 0.25) is 0 Å². The van der Waals surface area contributed by atoms with Crippen LogP contribution in [0, 0.1) is 5.92 Å². The highest BCUT2D eigenvalue weighted by atomic mass is 127. The van der Waals surface area contributed by atoms with Gasteiger partial charge in [0.25, 0.3) is 0 Å².